The van der Waals surface area contributed by atoms with Crippen LogP contribution in [0.2, 0.25) is 0 Å². The van der Waals surface area contributed by atoms with Crippen molar-refractivity contribution in [2.45, 2.75) is 13.3 Å². The summed E-state index contributed by atoms with van der Waals surface area (Å²) in [5.74, 6) is -0.0138. The molecule has 100 valence electrons. The molecular weight excluding hydrogens is 252 g/mol. The highest BCUT2D eigenvalue weighted by atomic mass is 16.2. The zero-order chi connectivity index (χ0) is 14.1. The minimum absolute atomic E-state index is 0.0962. The molecule has 2 heterocycles. The van der Waals surface area contributed by atoms with Gasteiger partial charge in [0.2, 0.25) is 0 Å². The zero-order valence-electron chi connectivity index (χ0n) is 11.2. The number of rotatable bonds is 1. The molecule has 0 N–H and O–H groups in total. The molecule has 0 fully saturated rings. The molecule has 1 aromatic heterocycles. The van der Waals surface area contributed by atoms with E-state index in [1.807, 2.05) is 19.1 Å². The predicted octanol–water partition coefficient (Wildman–Crippen LogP) is 2.62. The molecule has 3 rings (SSSR count). The molecule has 0 atom stereocenters. The number of amides is 1. The summed E-state index contributed by atoms with van der Waals surface area (Å²) in [5.41, 5.74) is 2.84. The van der Waals surface area contributed by atoms with Gasteiger partial charge in [-0.05, 0) is 30.7 Å². The standard InChI is InChI=1S/C16H14N2O2/c1-11-4-2-6-13-14(19)7-9-18(15(11)13)16(20)12-5-3-8-17-10-12/h2-6,8,10H,7,9H2,1H3. The smallest absolute Gasteiger partial charge is 0.259 e. The van der Waals surface area contributed by atoms with Crippen molar-refractivity contribution in [2.24, 2.45) is 0 Å². The van der Waals surface area contributed by atoms with Crippen molar-refractivity contribution in [3.05, 3.63) is 59.4 Å². The van der Waals surface area contributed by atoms with E-state index in [-0.39, 0.29) is 11.7 Å². The molecular formula is C16H14N2O2. The second-order valence-corrected chi connectivity index (χ2v) is 4.84. The number of carbonyl (C=O) groups is 2. The van der Waals surface area contributed by atoms with E-state index in [2.05, 4.69) is 4.98 Å². The Kier molecular flexibility index (Phi) is 3.06. The molecule has 0 aliphatic carbocycles. The van der Waals surface area contributed by atoms with Crippen molar-refractivity contribution in [1.82, 2.24) is 4.98 Å². The Balaban J connectivity index is 2.07. The number of Topliss-reactive ketones (excluding diaryl/α,β-unsaturated/α-hetero) is 1. The van der Waals surface area contributed by atoms with Gasteiger partial charge < -0.3 is 4.90 Å². The van der Waals surface area contributed by atoms with Crippen molar-refractivity contribution < 1.29 is 9.59 Å². The fraction of sp³-hybridized carbons (Fsp3) is 0.188. The van der Waals surface area contributed by atoms with Crippen LogP contribution in [0.5, 0.6) is 0 Å². The van der Waals surface area contributed by atoms with Crippen molar-refractivity contribution in [3.63, 3.8) is 0 Å². The first kappa shape index (κ1) is 12.5. The molecule has 0 radical (unpaired) electrons. The maximum atomic E-state index is 12.6. The first-order chi connectivity index (χ1) is 9.68. The summed E-state index contributed by atoms with van der Waals surface area (Å²) < 4.78 is 0. The van der Waals surface area contributed by atoms with Gasteiger partial charge in [0.1, 0.15) is 0 Å². The predicted molar refractivity (Wildman–Crippen MR) is 76.0 cm³/mol. The summed E-state index contributed by atoms with van der Waals surface area (Å²) in [5, 5.41) is 0. The number of anilines is 1. The molecule has 2 aromatic rings. The summed E-state index contributed by atoms with van der Waals surface area (Å²) in [7, 11) is 0. The molecule has 0 saturated heterocycles. The van der Waals surface area contributed by atoms with E-state index in [0.29, 0.717) is 24.1 Å². The highest BCUT2D eigenvalue weighted by Crippen LogP contribution is 2.31. The Morgan fingerprint density at radius 3 is 2.85 bits per heavy atom. The molecule has 1 aliphatic heterocycles. The molecule has 4 heteroatoms. The van der Waals surface area contributed by atoms with Gasteiger partial charge in [0.15, 0.2) is 5.78 Å². The van der Waals surface area contributed by atoms with Gasteiger partial charge in [0, 0.05) is 30.9 Å². The second kappa shape index (κ2) is 4.89. The maximum Gasteiger partial charge on any atom is 0.259 e. The number of ketones is 1. The maximum absolute atomic E-state index is 12.6. The van der Waals surface area contributed by atoms with E-state index >= 15 is 0 Å². The lowest BCUT2D eigenvalue weighted by Crippen LogP contribution is -2.38. The molecule has 20 heavy (non-hydrogen) atoms. The number of fused-ring (bicyclic) bond motifs is 1. The average molecular weight is 266 g/mol. The molecule has 1 amide bonds. The third-order valence-electron chi connectivity index (χ3n) is 3.52. The Morgan fingerprint density at radius 2 is 2.10 bits per heavy atom. The van der Waals surface area contributed by atoms with Gasteiger partial charge in [-0.15, -0.1) is 0 Å². The molecule has 4 nitrogen and oxygen atoms in total. The average Bonchev–Trinajstić information content (AvgIpc) is 2.49. The number of para-hydroxylation sites is 1. The molecule has 0 unspecified atom stereocenters. The normalized spacial score (nSPS) is 14.1. The van der Waals surface area contributed by atoms with E-state index in [4.69, 9.17) is 0 Å². The van der Waals surface area contributed by atoms with Crippen LogP contribution in [0.3, 0.4) is 0 Å². The van der Waals surface area contributed by atoms with Crippen molar-refractivity contribution in [3.8, 4) is 0 Å². The Morgan fingerprint density at radius 1 is 1.25 bits per heavy atom. The monoisotopic (exact) mass is 266 g/mol. The number of aryl methyl sites for hydroxylation is 1. The van der Waals surface area contributed by atoms with E-state index in [9.17, 15) is 9.59 Å². The number of hydrogen-bond acceptors (Lipinski definition) is 3. The van der Waals surface area contributed by atoms with Crippen LogP contribution in [-0.4, -0.2) is 23.2 Å². The molecule has 0 spiro atoms. The van der Waals surface area contributed by atoms with Crippen molar-refractivity contribution in [2.75, 3.05) is 11.4 Å². The number of hydrogen-bond donors (Lipinski definition) is 0. The summed E-state index contributed by atoms with van der Waals surface area (Å²) in [6, 6.07) is 9.03. The SMILES string of the molecule is Cc1cccc2c1N(C(=O)c1cccnc1)CCC2=O. The lowest BCUT2D eigenvalue weighted by molar-refractivity contribution is 0.0954. The van der Waals surface area contributed by atoms with E-state index in [1.165, 1.54) is 0 Å². The van der Waals surface area contributed by atoms with Gasteiger partial charge in [-0.1, -0.05) is 12.1 Å². The first-order valence-electron chi connectivity index (χ1n) is 6.53. The van der Waals surface area contributed by atoms with Gasteiger partial charge in [0.05, 0.1) is 11.3 Å². The number of nitrogens with zero attached hydrogens (tertiary/aromatic N) is 2. The quantitative estimate of drug-likeness (QED) is 0.797. The number of carbonyl (C=O) groups excluding carboxylic acids is 2. The van der Waals surface area contributed by atoms with Crippen LogP contribution in [0.4, 0.5) is 5.69 Å². The molecule has 0 saturated carbocycles. The summed E-state index contributed by atoms with van der Waals surface area (Å²) in [4.78, 5) is 30.3. The van der Waals surface area contributed by atoms with Gasteiger partial charge in [-0.3, -0.25) is 14.6 Å². The van der Waals surface area contributed by atoms with Crippen LogP contribution in [0, 0.1) is 6.92 Å². The molecule has 0 bridgehead atoms. The van der Waals surface area contributed by atoms with E-state index < -0.39 is 0 Å². The topological polar surface area (TPSA) is 50.3 Å². The van der Waals surface area contributed by atoms with Crippen molar-refractivity contribution in [1.29, 1.82) is 0 Å². The Hall–Kier alpha value is -2.49. The second-order valence-electron chi connectivity index (χ2n) is 4.84. The van der Waals surface area contributed by atoms with Crippen LogP contribution in [0.1, 0.15) is 32.7 Å². The van der Waals surface area contributed by atoms with Crippen LogP contribution in [0.25, 0.3) is 0 Å². The fourth-order valence-corrected chi connectivity index (χ4v) is 2.55. The first-order valence-corrected chi connectivity index (χ1v) is 6.53. The largest absolute Gasteiger partial charge is 0.307 e. The van der Waals surface area contributed by atoms with Crippen LogP contribution < -0.4 is 4.90 Å². The number of benzene rings is 1. The van der Waals surface area contributed by atoms with Crippen molar-refractivity contribution >= 4 is 17.4 Å². The number of pyridine rings is 1. The third-order valence-corrected chi connectivity index (χ3v) is 3.52. The van der Waals surface area contributed by atoms with E-state index in [0.717, 1.165) is 11.3 Å². The van der Waals surface area contributed by atoms with Gasteiger partial charge >= 0.3 is 0 Å². The third kappa shape index (κ3) is 1.99. The molecule has 1 aromatic carbocycles. The Labute approximate surface area is 117 Å². The lowest BCUT2D eigenvalue weighted by atomic mass is 9.96. The van der Waals surface area contributed by atoms with Crippen LogP contribution >= 0.6 is 0 Å². The van der Waals surface area contributed by atoms with E-state index in [1.54, 1.807) is 35.5 Å². The van der Waals surface area contributed by atoms with Crippen LogP contribution in [-0.2, 0) is 0 Å². The minimum Gasteiger partial charge on any atom is -0.307 e. The molecule has 1 aliphatic rings. The Bertz CT molecular complexity index is 680. The zero-order valence-corrected chi connectivity index (χ0v) is 11.2. The fourth-order valence-electron chi connectivity index (χ4n) is 2.55. The highest BCUT2D eigenvalue weighted by Gasteiger charge is 2.29. The number of aromatic nitrogens is 1. The van der Waals surface area contributed by atoms with Gasteiger partial charge in [-0.2, -0.15) is 0 Å². The van der Waals surface area contributed by atoms with Crippen LogP contribution in [0.15, 0.2) is 42.7 Å². The summed E-state index contributed by atoms with van der Waals surface area (Å²) in [6.07, 6.45) is 3.55. The van der Waals surface area contributed by atoms with Gasteiger partial charge in [0.25, 0.3) is 5.91 Å². The highest BCUT2D eigenvalue weighted by molar-refractivity contribution is 6.13. The minimum atomic E-state index is -0.110. The lowest BCUT2D eigenvalue weighted by Gasteiger charge is -2.30. The van der Waals surface area contributed by atoms with Gasteiger partial charge in [-0.25, -0.2) is 0 Å². The summed E-state index contributed by atoms with van der Waals surface area (Å²) >= 11 is 0. The summed E-state index contributed by atoms with van der Waals surface area (Å²) in [6.45, 7) is 2.34.